The van der Waals surface area contributed by atoms with E-state index in [1.165, 1.54) is 17.5 Å². The number of hydrogen-bond donors (Lipinski definition) is 1. The zero-order valence-electron chi connectivity index (χ0n) is 6.73. The molecule has 2 aromatic rings. The third-order valence-electron chi connectivity index (χ3n) is 1.50. The van der Waals surface area contributed by atoms with Gasteiger partial charge in [0.15, 0.2) is 5.76 Å². The number of carboxylic acid groups (broad SMARTS) is 1. The molecule has 4 nitrogen and oxygen atoms in total. The number of carbonyl (C=O) groups is 1. The number of nitrogens with zero attached hydrogens (tertiary/aromatic N) is 1. The first kappa shape index (κ1) is 9.23. The number of aromatic carboxylic acids is 1. The maximum Gasteiger partial charge on any atom is 0.392 e. The first-order valence-electron chi connectivity index (χ1n) is 3.61. The minimum absolute atomic E-state index is 0.315. The lowest BCUT2D eigenvalue weighted by Crippen LogP contribution is -1.94. The molecule has 2 aromatic heterocycles. The van der Waals surface area contributed by atoms with Crippen molar-refractivity contribution in [3.8, 4) is 10.6 Å². The monoisotopic (exact) mass is 229 g/mol. The molecule has 0 spiro atoms. The summed E-state index contributed by atoms with van der Waals surface area (Å²) in [6.45, 7) is 0. The summed E-state index contributed by atoms with van der Waals surface area (Å²) in [6, 6.07) is 3.46. The third kappa shape index (κ3) is 1.64. The number of rotatable bonds is 2. The first-order chi connectivity index (χ1) is 6.66. The number of hydrogen-bond acceptors (Lipinski definition) is 4. The number of oxazole rings is 1. The van der Waals surface area contributed by atoms with Crippen LogP contribution in [0.4, 0.5) is 0 Å². The molecule has 0 fully saturated rings. The first-order valence-corrected chi connectivity index (χ1v) is 4.81. The van der Waals surface area contributed by atoms with E-state index in [1.807, 2.05) is 0 Å². The second kappa shape index (κ2) is 3.43. The summed E-state index contributed by atoms with van der Waals surface area (Å²) in [5.41, 5.74) is 0. The van der Waals surface area contributed by atoms with Crippen LogP contribution in [0.25, 0.3) is 10.6 Å². The smallest absolute Gasteiger partial charge is 0.392 e. The van der Waals surface area contributed by atoms with Crippen molar-refractivity contribution >= 4 is 28.9 Å². The van der Waals surface area contributed by atoms with Crippen LogP contribution in [0.5, 0.6) is 0 Å². The molecule has 2 rings (SSSR count). The van der Waals surface area contributed by atoms with E-state index in [1.54, 1.807) is 12.1 Å². The van der Waals surface area contributed by atoms with E-state index in [9.17, 15) is 4.79 Å². The SMILES string of the molecule is O=C(O)c1ncc(-c2ccc(Cl)s2)o1. The number of aromatic nitrogens is 1. The molecule has 0 aliphatic rings. The van der Waals surface area contributed by atoms with Crippen LogP contribution in [0.15, 0.2) is 22.7 Å². The van der Waals surface area contributed by atoms with Gasteiger partial charge >= 0.3 is 11.9 Å². The van der Waals surface area contributed by atoms with Gasteiger partial charge in [0.1, 0.15) is 0 Å². The van der Waals surface area contributed by atoms with Crippen molar-refractivity contribution in [2.45, 2.75) is 0 Å². The molecule has 0 aliphatic carbocycles. The van der Waals surface area contributed by atoms with Crippen LogP contribution in [0.3, 0.4) is 0 Å². The standard InChI is InChI=1S/C8H4ClNO3S/c9-6-2-1-5(14-6)4-3-10-7(13-4)8(11)12/h1-3H,(H,11,12). The highest BCUT2D eigenvalue weighted by molar-refractivity contribution is 7.19. The molecule has 0 unspecified atom stereocenters. The van der Waals surface area contributed by atoms with E-state index in [0.717, 1.165) is 4.88 Å². The van der Waals surface area contributed by atoms with Crippen molar-refractivity contribution in [3.63, 3.8) is 0 Å². The van der Waals surface area contributed by atoms with Gasteiger partial charge in [-0.15, -0.1) is 11.3 Å². The van der Waals surface area contributed by atoms with Crippen molar-refractivity contribution < 1.29 is 14.3 Å². The van der Waals surface area contributed by atoms with Crippen LogP contribution >= 0.6 is 22.9 Å². The lowest BCUT2D eigenvalue weighted by molar-refractivity contribution is 0.0654. The highest BCUT2D eigenvalue weighted by atomic mass is 35.5. The van der Waals surface area contributed by atoms with Crippen LogP contribution in [-0.4, -0.2) is 16.1 Å². The Bertz CT molecular complexity index is 476. The topological polar surface area (TPSA) is 63.3 Å². The molecule has 0 saturated carbocycles. The average molecular weight is 230 g/mol. The van der Waals surface area contributed by atoms with E-state index >= 15 is 0 Å². The Morgan fingerprint density at radius 2 is 2.36 bits per heavy atom. The predicted molar refractivity (Wildman–Crippen MR) is 51.8 cm³/mol. The zero-order chi connectivity index (χ0) is 10.1. The number of carboxylic acids is 1. The van der Waals surface area contributed by atoms with E-state index in [0.29, 0.717) is 10.1 Å². The fraction of sp³-hybridized carbons (Fsp3) is 0. The van der Waals surface area contributed by atoms with Gasteiger partial charge in [-0.25, -0.2) is 9.78 Å². The Morgan fingerprint density at radius 1 is 1.57 bits per heavy atom. The van der Waals surface area contributed by atoms with Crippen LogP contribution in [-0.2, 0) is 0 Å². The summed E-state index contributed by atoms with van der Waals surface area (Å²) in [4.78, 5) is 14.8. The van der Waals surface area contributed by atoms with E-state index in [2.05, 4.69) is 4.98 Å². The van der Waals surface area contributed by atoms with Gasteiger partial charge in [0, 0.05) is 0 Å². The summed E-state index contributed by atoms with van der Waals surface area (Å²) in [6.07, 6.45) is 1.37. The zero-order valence-corrected chi connectivity index (χ0v) is 8.30. The van der Waals surface area contributed by atoms with E-state index in [-0.39, 0.29) is 5.89 Å². The van der Waals surface area contributed by atoms with Gasteiger partial charge < -0.3 is 9.52 Å². The van der Waals surface area contributed by atoms with E-state index < -0.39 is 5.97 Å². The molecule has 0 amide bonds. The summed E-state index contributed by atoms with van der Waals surface area (Å²) >= 11 is 7.02. The van der Waals surface area contributed by atoms with Crippen molar-refractivity contribution in [2.75, 3.05) is 0 Å². The average Bonchev–Trinajstić information content (AvgIpc) is 2.70. The molecule has 0 radical (unpaired) electrons. The maximum atomic E-state index is 10.5. The summed E-state index contributed by atoms with van der Waals surface area (Å²) in [5.74, 6) is -1.08. The summed E-state index contributed by atoms with van der Waals surface area (Å²) < 4.78 is 5.60. The molecule has 0 aliphatic heterocycles. The summed E-state index contributed by atoms with van der Waals surface area (Å²) in [7, 11) is 0. The lowest BCUT2D eigenvalue weighted by Gasteiger charge is -1.86. The second-order valence-corrected chi connectivity index (χ2v) is 4.15. The Kier molecular flexibility index (Phi) is 2.26. The second-order valence-electron chi connectivity index (χ2n) is 2.44. The van der Waals surface area contributed by atoms with Gasteiger partial charge in [-0.2, -0.15) is 0 Å². The third-order valence-corrected chi connectivity index (χ3v) is 2.75. The van der Waals surface area contributed by atoms with Crippen LogP contribution in [0.1, 0.15) is 10.7 Å². The van der Waals surface area contributed by atoms with Crippen LogP contribution < -0.4 is 0 Å². The highest BCUT2D eigenvalue weighted by Crippen LogP contribution is 2.31. The normalized spacial score (nSPS) is 10.4. The van der Waals surface area contributed by atoms with Crippen LogP contribution in [0.2, 0.25) is 4.34 Å². The quantitative estimate of drug-likeness (QED) is 0.860. The van der Waals surface area contributed by atoms with Crippen molar-refractivity contribution in [3.05, 3.63) is 28.6 Å². The minimum Gasteiger partial charge on any atom is -0.474 e. The van der Waals surface area contributed by atoms with Gasteiger partial charge in [0.25, 0.3) is 0 Å². The van der Waals surface area contributed by atoms with E-state index in [4.69, 9.17) is 21.1 Å². The Morgan fingerprint density at radius 3 is 2.86 bits per heavy atom. The van der Waals surface area contributed by atoms with Gasteiger partial charge in [0.05, 0.1) is 15.4 Å². The fourth-order valence-electron chi connectivity index (χ4n) is 0.934. The molecule has 0 bridgehead atoms. The molecular formula is C8H4ClNO3S. The van der Waals surface area contributed by atoms with Crippen LogP contribution in [0, 0.1) is 0 Å². The number of halogens is 1. The Balaban J connectivity index is 2.38. The van der Waals surface area contributed by atoms with Gasteiger partial charge in [-0.1, -0.05) is 11.6 Å². The van der Waals surface area contributed by atoms with Crippen molar-refractivity contribution in [1.29, 1.82) is 0 Å². The molecule has 6 heteroatoms. The molecule has 14 heavy (non-hydrogen) atoms. The highest BCUT2D eigenvalue weighted by Gasteiger charge is 2.13. The van der Waals surface area contributed by atoms with Gasteiger partial charge in [0.2, 0.25) is 0 Å². The lowest BCUT2D eigenvalue weighted by atomic mass is 10.4. The molecule has 72 valence electrons. The molecule has 1 N–H and O–H groups in total. The molecular weight excluding hydrogens is 226 g/mol. The van der Waals surface area contributed by atoms with Crippen molar-refractivity contribution in [1.82, 2.24) is 4.98 Å². The largest absolute Gasteiger partial charge is 0.474 e. The molecule has 0 saturated heterocycles. The van der Waals surface area contributed by atoms with Crippen molar-refractivity contribution in [2.24, 2.45) is 0 Å². The molecule has 0 atom stereocenters. The Labute approximate surface area is 87.8 Å². The minimum atomic E-state index is -1.18. The fourth-order valence-corrected chi connectivity index (χ4v) is 1.92. The van der Waals surface area contributed by atoms with Gasteiger partial charge in [-0.3, -0.25) is 0 Å². The molecule has 2 heterocycles. The maximum absolute atomic E-state index is 10.5. The predicted octanol–water partition coefficient (Wildman–Crippen LogP) is 2.75. The number of thiophene rings is 1. The summed E-state index contributed by atoms with van der Waals surface area (Å²) in [5, 5.41) is 8.57. The Hall–Kier alpha value is -1.33. The molecule has 0 aromatic carbocycles. The van der Waals surface area contributed by atoms with Gasteiger partial charge in [-0.05, 0) is 12.1 Å².